The van der Waals surface area contributed by atoms with E-state index in [1.54, 1.807) is 30.5 Å². The van der Waals surface area contributed by atoms with Crippen molar-refractivity contribution in [3.05, 3.63) is 45.7 Å². The van der Waals surface area contributed by atoms with E-state index in [1.807, 2.05) is 0 Å². The molecule has 1 atom stereocenters. The van der Waals surface area contributed by atoms with Crippen LogP contribution >= 0.6 is 11.8 Å². The smallest absolute Gasteiger partial charge is 0.257 e. The number of thioether (sulfide) groups is 1. The summed E-state index contributed by atoms with van der Waals surface area (Å²) in [6, 6.07) is 6.59. The minimum absolute atomic E-state index is 0.102. The van der Waals surface area contributed by atoms with Crippen LogP contribution < -0.4 is 10.9 Å². The van der Waals surface area contributed by atoms with E-state index in [4.69, 9.17) is 0 Å². The fourth-order valence-corrected chi connectivity index (χ4v) is 2.85. The number of benzene rings is 1. The van der Waals surface area contributed by atoms with Gasteiger partial charge < -0.3 is 15.4 Å². The molecule has 1 amide bonds. The SMILES string of the molecule is CSc1nc2c(c(=O)[nH]1)C(c1cccc(O)c1)CC(=O)N2. The molecule has 0 bridgehead atoms. The van der Waals surface area contributed by atoms with Crippen LogP contribution in [0.15, 0.2) is 34.2 Å². The number of nitrogens with one attached hydrogen (secondary N) is 2. The van der Waals surface area contributed by atoms with E-state index in [1.165, 1.54) is 11.8 Å². The summed E-state index contributed by atoms with van der Waals surface area (Å²) >= 11 is 1.30. The molecule has 3 N–H and O–H groups in total. The Morgan fingerprint density at radius 1 is 1.38 bits per heavy atom. The van der Waals surface area contributed by atoms with E-state index < -0.39 is 5.92 Å². The molecule has 1 aromatic heterocycles. The van der Waals surface area contributed by atoms with Gasteiger partial charge in [-0.25, -0.2) is 4.98 Å². The molecular weight excluding hydrogens is 290 g/mol. The Morgan fingerprint density at radius 2 is 2.19 bits per heavy atom. The Hall–Kier alpha value is -2.28. The van der Waals surface area contributed by atoms with Crippen molar-refractivity contribution in [2.75, 3.05) is 11.6 Å². The highest BCUT2D eigenvalue weighted by Crippen LogP contribution is 2.35. The summed E-state index contributed by atoms with van der Waals surface area (Å²) in [5.41, 5.74) is 0.881. The van der Waals surface area contributed by atoms with Gasteiger partial charge in [-0.2, -0.15) is 0 Å². The van der Waals surface area contributed by atoms with Crippen LogP contribution in [0.1, 0.15) is 23.5 Å². The van der Waals surface area contributed by atoms with Crippen LogP contribution in [-0.4, -0.2) is 27.2 Å². The average molecular weight is 303 g/mol. The van der Waals surface area contributed by atoms with Crippen molar-refractivity contribution in [1.82, 2.24) is 9.97 Å². The quantitative estimate of drug-likeness (QED) is 0.579. The first kappa shape index (κ1) is 13.7. The van der Waals surface area contributed by atoms with Crippen molar-refractivity contribution in [3.8, 4) is 5.75 Å². The zero-order valence-corrected chi connectivity index (χ0v) is 12.0. The average Bonchev–Trinajstić information content (AvgIpc) is 2.45. The Bertz CT molecular complexity index is 772. The Balaban J connectivity index is 2.18. The largest absolute Gasteiger partial charge is 0.508 e. The lowest BCUT2D eigenvalue weighted by atomic mass is 9.87. The zero-order valence-electron chi connectivity index (χ0n) is 11.2. The van der Waals surface area contributed by atoms with Crippen LogP contribution in [0.25, 0.3) is 0 Å². The van der Waals surface area contributed by atoms with E-state index in [-0.39, 0.29) is 23.6 Å². The number of carbonyl (C=O) groups is 1. The van der Waals surface area contributed by atoms with Crippen molar-refractivity contribution >= 4 is 23.5 Å². The molecule has 2 aromatic rings. The first-order valence-electron chi connectivity index (χ1n) is 6.35. The van der Waals surface area contributed by atoms with Crippen molar-refractivity contribution in [2.24, 2.45) is 0 Å². The lowest BCUT2D eigenvalue weighted by molar-refractivity contribution is -0.116. The van der Waals surface area contributed by atoms with E-state index in [9.17, 15) is 14.7 Å². The summed E-state index contributed by atoms with van der Waals surface area (Å²) in [6.45, 7) is 0. The number of hydrogen-bond acceptors (Lipinski definition) is 5. The van der Waals surface area contributed by atoms with E-state index >= 15 is 0 Å². The van der Waals surface area contributed by atoms with Crippen molar-refractivity contribution in [1.29, 1.82) is 0 Å². The summed E-state index contributed by atoms with van der Waals surface area (Å²) in [4.78, 5) is 31.1. The number of nitrogens with zero attached hydrogens (tertiary/aromatic N) is 1. The lowest BCUT2D eigenvalue weighted by Crippen LogP contribution is -2.31. The molecule has 3 rings (SSSR count). The number of amides is 1. The van der Waals surface area contributed by atoms with Crippen molar-refractivity contribution in [2.45, 2.75) is 17.5 Å². The standard InChI is InChI=1S/C14H13N3O3S/c1-21-14-16-12-11(13(20)17-14)9(6-10(19)15-12)7-3-2-4-8(18)5-7/h2-5,9,18H,6H2,1H3,(H2,15,16,17,19,20). The number of anilines is 1. The van der Waals surface area contributed by atoms with Gasteiger partial charge in [0, 0.05) is 12.3 Å². The predicted octanol–water partition coefficient (Wildman–Crippen LogP) is 1.67. The highest BCUT2D eigenvalue weighted by Gasteiger charge is 2.30. The maximum atomic E-state index is 12.3. The first-order valence-corrected chi connectivity index (χ1v) is 7.58. The van der Waals surface area contributed by atoms with Crippen LogP contribution in [0, 0.1) is 0 Å². The predicted molar refractivity (Wildman–Crippen MR) is 79.8 cm³/mol. The molecule has 0 radical (unpaired) electrons. The maximum Gasteiger partial charge on any atom is 0.257 e. The van der Waals surface area contributed by atoms with E-state index in [2.05, 4.69) is 15.3 Å². The van der Waals surface area contributed by atoms with Gasteiger partial charge in [0.15, 0.2) is 5.16 Å². The van der Waals surface area contributed by atoms with Gasteiger partial charge in [0.1, 0.15) is 11.6 Å². The van der Waals surface area contributed by atoms with Gasteiger partial charge in [-0.05, 0) is 24.0 Å². The summed E-state index contributed by atoms with van der Waals surface area (Å²) in [7, 11) is 0. The van der Waals surface area contributed by atoms with Crippen LogP contribution in [0.4, 0.5) is 5.82 Å². The Labute approximate surface area is 124 Å². The third kappa shape index (κ3) is 2.52. The molecule has 1 aromatic carbocycles. The van der Waals surface area contributed by atoms with Gasteiger partial charge >= 0.3 is 0 Å². The topological polar surface area (TPSA) is 95.1 Å². The number of hydrogen-bond donors (Lipinski definition) is 3. The lowest BCUT2D eigenvalue weighted by Gasteiger charge is -2.24. The maximum absolute atomic E-state index is 12.3. The number of aromatic hydroxyl groups is 1. The molecule has 108 valence electrons. The molecule has 2 heterocycles. The third-order valence-electron chi connectivity index (χ3n) is 3.40. The summed E-state index contributed by atoms with van der Waals surface area (Å²) in [5.74, 6) is -0.202. The van der Waals surface area contributed by atoms with Crippen LogP contribution in [0.2, 0.25) is 0 Å². The molecule has 0 fully saturated rings. The monoisotopic (exact) mass is 303 g/mol. The summed E-state index contributed by atoms with van der Waals surface area (Å²) in [5, 5.41) is 12.7. The fraction of sp³-hybridized carbons (Fsp3) is 0.214. The van der Waals surface area contributed by atoms with Crippen molar-refractivity contribution < 1.29 is 9.90 Å². The van der Waals surface area contributed by atoms with Gasteiger partial charge in [0.2, 0.25) is 5.91 Å². The Morgan fingerprint density at radius 3 is 2.90 bits per heavy atom. The molecule has 0 saturated carbocycles. The van der Waals surface area contributed by atoms with Gasteiger partial charge in [0.05, 0.1) is 5.56 Å². The molecule has 1 unspecified atom stereocenters. The number of carbonyl (C=O) groups excluding carboxylic acids is 1. The number of phenols is 1. The second kappa shape index (κ2) is 5.25. The minimum Gasteiger partial charge on any atom is -0.508 e. The molecular formula is C14H13N3O3S. The van der Waals surface area contributed by atoms with Crippen molar-refractivity contribution in [3.63, 3.8) is 0 Å². The zero-order chi connectivity index (χ0) is 15.0. The Kier molecular flexibility index (Phi) is 3.42. The second-order valence-corrected chi connectivity index (χ2v) is 5.53. The number of aromatic nitrogens is 2. The molecule has 0 saturated heterocycles. The van der Waals surface area contributed by atoms with Gasteiger partial charge in [0.25, 0.3) is 5.56 Å². The number of phenolic OH excluding ortho intramolecular Hbond substituents is 1. The van der Waals surface area contributed by atoms with Gasteiger partial charge in [-0.3, -0.25) is 9.59 Å². The molecule has 0 aliphatic carbocycles. The highest BCUT2D eigenvalue weighted by molar-refractivity contribution is 7.98. The molecule has 7 heteroatoms. The van der Waals surface area contributed by atoms with Crippen LogP contribution in [0.5, 0.6) is 5.75 Å². The molecule has 1 aliphatic heterocycles. The summed E-state index contributed by atoms with van der Waals surface area (Å²) < 4.78 is 0. The number of fused-ring (bicyclic) bond motifs is 1. The molecule has 0 spiro atoms. The normalized spacial score (nSPS) is 17.2. The molecule has 6 nitrogen and oxygen atoms in total. The fourth-order valence-electron chi connectivity index (χ4n) is 2.47. The number of rotatable bonds is 2. The van der Waals surface area contributed by atoms with E-state index in [0.717, 1.165) is 5.56 Å². The minimum atomic E-state index is -0.409. The van der Waals surface area contributed by atoms with E-state index in [0.29, 0.717) is 16.5 Å². The molecule has 21 heavy (non-hydrogen) atoms. The van der Waals surface area contributed by atoms with Gasteiger partial charge in [-0.15, -0.1) is 0 Å². The van der Waals surface area contributed by atoms with Crippen LogP contribution in [-0.2, 0) is 4.79 Å². The number of aromatic amines is 1. The summed E-state index contributed by atoms with van der Waals surface area (Å²) in [6.07, 6.45) is 1.95. The highest BCUT2D eigenvalue weighted by atomic mass is 32.2. The second-order valence-electron chi connectivity index (χ2n) is 4.74. The molecule has 1 aliphatic rings. The number of H-pyrrole nitrogens is 1. The van der Waals surface area contributed by atoms with Gasteiger partial charge in [-0.1, -0.05) is 23.9 Å². The first-order chi connectivity index (χ1) is 10.1. The third-order valence-corrected chi connectivity index (χ3v) is 3.98. The van der Waals surface area contributed by atoms with Crippen LogP contribution in [0.3, 0.4) is 0 Å².